The zero-order valence-electron chi connectivity index (χ0n) is 12.4. The maximum atomic E-state index is 5.84. The van der Waals surface area contributed by atoms with Crippen molar-refractivity contribution in [2.45, 2.75) is 26.3 Å². The standard InChI is InChI=1S/C16H25NO2/c1-16(2)11-13(16)15(17-3)12-7-5-6-8-14(12)19-10-9-18-4/h5-8,13,15,17H,9-11H2,1-4H3. The predicted molar refractivity (Wildman–Crippen MR) is 77.5 cm³/mol. The minimum atomic E-state index is 0.369. The minimum Gasteiger partial charge on any atom is -0.491 e. The Balaban J connectivity index is 2.13. The number of hydrogen-bond acceptors (Lipinski definition) is 3. The molecule has 2 rings (SSSR count). The second-order valence-electron chi connectivity index (χ2n) is 5.94. The molecule has 0 heterocycles. The van der Waals surface area contributed by atoms with E-state index < -0.39 is 0 Å². The fourth-order valence-corrected chi connectivity index (χ4v) is 2.75. The summed E-state index contributed by atoms with van der Waals surface area (Å²) in [7, 11) is 3.73. The topological polar surface area (TPSA) is 30.5 Å². The third-order valence-electron chi connectivity index (χ3n) is 4.10. The van der Waals surface area contributed by atoms with Gasteiger partial charge in [0, 0.05) is 18.7 Å². The highest BCUT2D eigenvalue weighted by atomic mass is 16.5. The number of benzene rings is 1. The van der Waals surface area contributed by atoms with Crippen molar-refractivity contribution in [3.8, 4) is 5.75 Å². The second kappa shape index (κ2) is 5.93. The van der Waals surface area contributed by atoms with Gasteiger partial charge in [-0.2, -0.15) is 0 Å². The van der Waals surface area contributed by atoms with E-state index in [0.29, 0.717) is 30.6 Å². The average molecular weight is 263 g/mol. The van der Waals surface area contributed by atoms with Gasteiger partial charge in [-0.1, -0.05) is 32.0 Å². The van der Waals surface area contributed by atoms with E-state index in [9.17, 15) is 0 Å². The Morgan fingerprint density at radius 3 is 2.58 bits per heavy atom. The van der Waals surface area contributed by atoms with Crippen LogP contribution in [-0.4, -0.2) is 27.4 Å². The first kappa shape index (κ1) is 14.4. The Bertz CT molecular complexity index is 417. The van der Waals surface area contributed by atoms with Crippen LogP contribution in [0.1, 0.15) is 31.9 Å². The van der Waals surface area contributed by atoms with Gasteiger partial charge in [-0.25, -0.2) is 0 Å². The second-order valence-corrected chi connectivity index (χ2v) is 5.94. The zero-order chi connectivity index (χ0) is 13.9. The molecule has 106 valence electrons. The van der Waals surface area contributed by atoms with E-state index in [-0.39, 0.29) is 0 Å². The van der Waals surface area contributed by atoms with Gasteiger partial charge in [0.1, 0.15) is 12.4 Å². The normalized spacial score (nSPS) is 22.0. The van der Waals surface area contributed by atoms with Crippen LogP contribution < -0.4 is 10.1 Å². The van der Waals surface area contributed by atoms with Crippen LogP contribution in [0.4, 0.5) is 0 Å². The van der Waals surface area contributed by atoms with E-state index >= 15 is 0 Å². The molecular formula is C16H25NO2. The summed E-state index contributed by atoms with van der Waals surface area (Å²) in [4.78, 5) is 0. The molecular weight excluding hydrogens is 238 g/mol. The Kier molecular flexibility index (Phi) is 4.48. The molecule has 3 nitrogen and oxygen atoms in total. The van der Waals surface area contributed by atoms with Gasteiger partial charge in [0.05, 0.1) is 6.61 Å². The molecule has 1 saturated carbocycles. The number of para-hydroxylation sites is 1. The number of rotatable bonds is 7. The molecule has 0 spiro atoms. The lowest BCUT2D eigenvalue weighted by Gasteiger charge is -2.21. The van der Waals surface area contributed by atoms with E-state index in [4.69, 9.17) is 9.47 Å². The third kappa shape index (κ3) is 3.28. The van der Waals surface area contributed by atoms with Crippen molar-refractivity contribution in [2.75, 3.05) is 27.4 Å². The van der Waals surface area contributed by atoms with Gasteiger partial charge in [0.2, 0.25) is 0 Å². The predicted octanol–water partition coefficient (Wildman–Crippen LogP) is 3.02. The van der Waals surface area contributed by atoms with Crippen molar-refractivity contribution in [3.63, 3.8) is 0 Å². The molecule has 1 aromatic carbocycles. The van der Waals surface area contributed by atoms with Gasteiger partial charge in [0.25, 0.3) is 0 Å². The van der Waals surface area contributed by atoms with Gasteiger partial charge < -0.3 is 14.8 Å². The summed E-state index contributed by atoms with van der Waals surface area (Å²) in [5.41, 5.74) is 1.70. The molecule has 0 radical (unpaired) electrons. The first-order valence-electron chi connectivity index (χ1n) is 6.98. The number of hydrogen-bond donors (Lipinski definition) is 1. The molecule has 1 fully saturated rings. The Hall–Kier alpha value is -1.06. The molecule has 1 N–H and O–H groups in total. The minimum absolute atomic E-state index is 0.369. The molecule has 0 bridgehead atoms. The average Bonchev–Trinajstić information content (AvgIpc) is 3.01. The summed E-state index contributed by atoms with van der Waals surface area (Å²) < 4.78 is 10.9. The summed E-state index contributed by atoms with van der Waals surface area (Å²) in [6.45, 7) is 5.87. The van der Waals surface area contributed by atoms with Gasteiger partial charge in [-0.15, -0.1) is 0 Å². The van der Waals surface area contributed by atoms with E-state index in [2.05, 4.69) is 31.3 Å². The lowest BCUT2D eigenvalue weighted by Crippen LogP contribution is -2.21. The summed E-state index contributed by atoms with van der Waals surface area (Å²) in [6, 6.07) is 8.69. The Labute approximate surface area is 116 Å². The van der Waals surface area contributed by atoms with Gasteiger partial charge in [-0.3, -0.25) is 0 Å². The molecule has 3 heteroatoms. The van der Waals surface area contributed by atoms with E-state index in [1.54, 1.807) is 7.11 Å². The summed E-state index contributed by atoms with van der Waals surface area (Å²) in [5, 5.41) is 3.46. The van der Waals surface area contributed by atoms with Crippen molar-refractivity contribution in [1.29, 1.82) is 0 Å². The highest BCUT2D eigenvalue weighted by Gasteiger charge is 2.50. The van der Waals surface area contributed by atoms with Crippen molar-refractivity contribution in [3.05, 3.63) is 29.8 Å². The Morgan fingerprint density at radius 1 is 1.32 bits per heavy atom. The zero-order valence-corrected chi connectivity index (χ0v) is 12.4. The Morgan fingerprint density at radius 2 is 2.00 bits per heavy atom. The number of methoxy groups -OCH3 is 1. The number of ether oxygens (including phenoxy) is 2. The van der Waals surface area contributed by atoms with Crippen LogP contribution in [0.15, 0.2) is 24.3 Å². The van der Waals surface area contributed by atoms with Crippen LogP contribution in [0.3, 0.4) is 0 Å². The van der Waals surface area contributed by atoms with Crippen LogP contribution in [0, 0.1) is 11.3 Å². The maximum absolute atomic E-state index is 5.84. The van der Waals surface area contributed by atoms with Gasteiger partial charge in [0.15, 0.2) is 0 Å². The third-order valence-corrected chi connectivity index (χ3v) is 4.10. The number of nitrogens with one attached hydrogen (secondary N) is 1. The van der Waals surface area contributed by atoms with Crippen molar-refractivity contribution < 1.29 is 9.47 Å². The molecule has 0 aromatic heterocycles. The van der Waals surface area contributed by atoms with Crippen LogP contribution in [0.5, 0.6) is 5.75 Å². The molecule has 0 amide bonds. The van der Waals surface area contributed by atoms with Crippen molar-refractivity contribution in [1.82, 2.24) is 5.32 Å². The monoisotopic (exact) mass is 263 g/mol. The summed E-state index contributed by atoms with van der Waals surface area (Å²) >= 11 is 0. The molecule has 1 aromatic rings. The van der Waals surface area contributed by atoms with Crippen molar-refractivity contribution >= 4 is 0 Å². The van der Waals surface area contributed by atoms with E-state index in [0.717, 1.165) is 5.75 Å². The summed E-state index contributed by atoms with van der Waals surface area (Å²) in [5.74, 6) is 1.66. The lowest BCUT2D eigenvalue weighted by atomic mass is 9.96. The quantitative estimate of drug-likeness (QED) is 0.767. The van der Waals surface area contributed by atoms with Crippen LogP contribution >= 0.6 is 0 Å². The summed E-state index contributed by atoms with van der Waals surface area (Å²) in [6.07, 6.45) is 1.27. The van der Waals surface area contributed by atoms with Crippen LogP contribution in [0.25, 0.3) is 0 Å². The largest absolute Gasteiger partial charge is 0.491 e. The fourth-order valence-electron chi connectivity index (χ4n) is 2.75. The molecule has 0 aliphatic heterocycles. The SMILES string of the molecule is CNC(c1ccccc1OCCOC)C1CC1(C)C. The molecule has 19 heavy (non-hydrogen) atoms. The molecule has 0 saturated heterocycles. The highest BCUT2D eigenvalue weighted by Crippen LogP contribution is 2.58. The maximum Gasteiger partial charge on any atom is 0.124 e. The molecule has 1 aliphatic carbocycles. The molecule has 1 aliphatic rings. The van der Waals surface area contributed by atoms with E-state index in [1.165, 1.54) is 12.0 Å². The highest BCUT2D eigenvalue weighted by molar-refractivity contribution is 5.37. The van der Waals surface area contributed by atoms with E-state index in [1.807, 2.05) is 19.2 Å². The lowest BCUT2D eigenvalue weighted by molar-refractivity contribution is 0.145. The van der Waals surface area contributed by atoms with Crippen molar-refractivity contribution in [2.24, 2.45) is 11.3 Å². The fraction of sp³-hybridized carbons (Fsp3) is 0.625. The molecule has 2 atom stereocenters. The first-order valence-corrected chi connectivity index (χ1v) is 6.98. The van der Waals surface area contributed by atoms with Crippen LogP contribution in [0.2, 0.25) is 0 Å². The van der Waals surface area contributed by atoms with Gasteiger partial charge >= 0.3 is 0 Å². The van der Waals surface area contributed by atoms with Crippen LogP contribution in [-0.2, 0) is 4.74 Å². The van der Waals surface area contributed by atoms with Gasteiger partial charge in [-0.05, 0) is 30.9 Å². The first-order chi connectivity index (χ1) is 9.10. The smallest absolute Gasteiger partial charge is 0.124 e. The molecule has 2 unspecified atom stereocenters.